The fourth-order valence-electron chi connectivity index (χ4n) is 3.57. The third-order valence-corrected chi connectivity index (χ3v) is 4.79. The molecule has 2 nitrogen and oxygen atoms in total. The molecule has 0 aromatic carbocycles. The number of rotatable bonds is 9. The number of likely N-dealkylation sites (tertiary alicyclic amines) is 1. The normalized spacial score (nSPS) is 23.7. The molecule has 0 spiro atoms. The van der Waals surface area contributed by atoms with Crippen molar-refractivity contribution in [3.8, 4) is 0 Å². The van der Waals surface area contributed by atoms with Gasteiger partial charge in [-0.1, -0.05) is 52.9 Å². The van der Waals surface area contributed by atoms with Crippen LogP contribution < -0.4 is 0 Å². The lowest BCUT2D eigenvalue weighted by Crippen LogP contribution is -2.55. The zero-order valence-corrected chi connectivity index (χ0v) is 13.5. The molecule has 1 aliphatic rings. The summed E-state index contributed by atoms with van der Waals surface area (Å²) in [7, 11) is 0. The summed E-state index contributed by atoms with van der Waals surface area (Å²) in [4.78, 5) is 2.73. The molecular formula is C17H35NO. The van der Waals surface area contributed by atoms with Gasteiger partial charge in [0.05, 0.1) is 6.10 Å². The Bertz CT molecular complexity index is 219. The largest absolute Gasteiger partial charge is 0.393 e. The van der Waals surface area contributed by atoms with Gasteiger partial charge in [0.25, 0.3) is 0 Å². The van der Waals surface area contributed by atoms with E-state index in [2.05, 4.69) is 25.7 Å². The van der Waals surface area contributed by atoms with Gasteiger partial charge in [-0.3, -0.25) is 4.90 Å². The number of aliphatic hydroxyl groups is 1. The Hall–Kier alpha value is -0.0800. The van der Waals surface area contributed by atoms with Crippen molar-refractivity contribution in [2.45, 2.75) is 96.6 Å². The molecule has 1 atom stereocenters. The van der Waals surface area contributed by atoms with Crippen molar-refractivity contribution in [1.29, 1.82) is 0 Å². The highest BCUT2D eigenvalue weighted by molar-refractivity contribution is 4.96. The van der Waals surface area contributed by atoms with E-state index in [0.717, 1.165) is 19.4 Å². The number of nitrogens with zero attached hydrogens (tertiary/aromatic N) is 1. The summed E-state index contributed by atoms with van der Waals surface area (Å²) in [5, 5.41) is 10.2. The molecule has 0 aromatic rings. The van der Waals surface area contributed by atoms with E-state index in [4.69, 9.17) is 0 Å². The van der Waals surface area contributed by atoms with Crippen LogP contribution in [0.5, 0.6) is 0 Å². The van der Waals surface area contributed by atoms with Gasteiger partial charge in [0.2, 0.25) is 0 Å². The molecule has 114 valence electrons. The van der Waals surface area contributed by atoms with Gasteiger partial charge in [0, 0.05) is 12.1 Å². The highest BCUT2D eigenvalue weighted by atomic mass is 16.3. The van der Waals surface area contributed by atoms with Crippen LogP contribution in [0.1, 0.15) is 85.0 Å². The number of unbranched alkanes of at least 4 members (excludes halogenated alkanes) is 3. The summed E-state index contributed by atoms with van der Waals surface area (Å²) in [5.74, 6) is 0. The van der Waals surface area contributed by atoms with Crippen molar-refractivity contribution in [2.75, 3.05) is 13.1 Å². The molecule has 0 amide bonds. The van der Waals surface area contributed by atoms with E-state index in [-0.39, 0.29) is 6.10 Å². The molecular weight excluding hydrogens is 234 g/mol. The zero-order chi connectivity index (χ0) is 14.1. The Labute approximate surface area is 120 Å². The highest BCUT2D eigenvalue weighted by Crippen LogP contribution is 2.37. The molecule has 1 saturated heterocycles. The molecule has 1 fully saturated rings. The highest BCUT2D eigenvalue weighted by Gasteiger charge is 2.40. The number of hydrogen-bond donors (Lipinski definition) is 1. The van der Waals surface area contributed by atoms with E-state index in [0.29, 0.717) is 5.54 Å². The van der Waals surface area contributed by atoms with Crippen molar-refractivity contribution in [3.05, 3.63) is 0 Å². The molecule has 1 aliphatic heterocycles. The minimum Gasteiger partial charge on any atom is -0.393 e. The van der Waals surface area contributed by atoms with Crippen LogP contribution in [-0.2, 0) is 0 Å². The number of piperidine rings is 1. The van der Waals surface area contributed by atoms with Crippen LogP contribution in [0, 0.1) is 0 Å². The van der Waals surface area contributed by atoms with E-state index < -0.39 is 0 Å². The first-order valence-corrected chi connectivity index (χ1v) is 8.61. The monoisotopic (exact) mass is 269 g/mol. The molecule has 1 rings (SSSR count). The predicted molar refractivity (Wildman–Crippen MR) is 83.5 cm³/mol. The maximum Gasteiger partial charge on any atom is 0.0570 e. The van der Waals surface area contributed by atoms with Crippen LogP contribution in [0.4, 0.5) is 0 Å². The fraction of sp³-hybridized carbons (Fsp3) is 1.00. The summed E-state index contributed by atoms with van der Waals surface area (Å²) in [6.45, 7) is 9.18. The van der Waals surface area contributed by atoms with Gasteiger partial charge in [-0.15, -0.1) is 0 Å². The first kappa shape index (κ1) is 17.0. The van der Waals surface area contributed by atoms with Crippen LogP contribution in [0.2, 0.25) is 0 Å². The van der Waals surface area contributed by atoms with Crippen LogP contribution in [0.15, 0.2) is 0 Å². The van der Waals surface area contributed by atoms with Gasteiger partial charge in [0.15, 0.2) is 0 Å². The third kappa shape index (κ3) is 5.07. The summed E-state index contributed by atoms with van der Waals surface area (Å²) < 4.78 is 0. The van der Waals surface area contributed by atoms with E-state index in [1.807, 2.05) is 0 Å². The van der Waals surface area contributed by atoms with Gasteiger partial charge in [0.1, 0.15) is 0 Å². The SMILES string of the molecule is CCCCN1CCC(O)CC1(CCCC)CCCC. The van der Waals surface area contributed by atoms with Gasteiger partial charge >= 0.3 is 0 Å². The fourth-order valence-corrected chi connectivity index (χ4v) is 3.57. The third-order valence-electron chi connectivity index (χ3n) is 4.79. The van der Waals surface area contributed by atoms with E-state index >= 15 is 0 Å². The van der Waals surface area contributed by atoms with Crippen molar-refractivity contribution in [1.82, 2.24) is 4.90 Å². The van der Waals surface area contributed by atoms with E-state index in [1.165, 1.54) is 57.9 Å². The average molecular weight is 269 g/mol. The zero-order valence-electron chi connectivity index (χ0n) is 13.5. The quantitative estimate of drug-likeness (QED) is 0.672. The second kappa shape index (κ2) is 8.97. The topological polar surface area (TPSA) is 23.5 Å². The summed E-state index contributed by atoms with van der Waals surface area (Å²) in [6, 6.07) is 0. The van der Waals surface area contributed by atoms with Gasteiger partial charge in [-0.25, -0.2) is 0 Å². The Morgan fingerprint density at radius 3 is 2.11 bits per heavy atom. The molecule has 0 saturated carbocycles. The van der Waals surface area contributed by atoms with Crippen molar-refractivity contribution < 1.29 is 5.11 Å². The lowest BCUT2D eigenvalue weighted by Gasteiger charge is -2.49. The second-order valence-corrected chi connectivity index (χ2v) is 6.42. The minimum absolute atomic E-state index is 0.0633. The number of hydrogen-bond acceptors (Lipinski definition) is 2. The first-order chi connectivity index (χ1) is 9.18. The van der Waals surface area contributed by atoms with Gasteiger partial charge < -0.3 is 5.11 Å². The molecule has 1 heterocycles. The summed E-state index contributed by atoms with van der Waals surface area (Å²) in [5.41, 5.74) is 0.304. The Morgan fingerprint density at radius 1 is 1.00 bits per heavy atom. The molecule has 19 heavy (non-hydrogen) atoms. The standard InChI is InChI=1S/C17H35NO/c1-4-7-11-17(12-8-5-2)15-16(19)10-14-18(17)13-9-6-3/h16,19H,4-15H2,1-3H3. The molecule has 1 unspecified atom stereocenters. The van der Waals surface area contributed by atoms with E-state index in [1.54, 1.807) is 0 Å². The van der Waals surface area contributed by atoms with E-state index in [9.17, 15) is 5.11 Å². The molecule has 0 radical (unpaired) electrons. The predicted octanol–water partition coefficient (Wildman–Crippen LogP) is 4.36. The Balaban J connectivity index is 2.75. The smallest absolute Gasteiger partial charge is 0.0570 e. The minimum atomic E-state index is -0.0633. The van der Waals surface area contributed by atoms with Crippen molar-refractivity contribution >= 4 is 0 Å². The molecule has 0 aromatic heterocycles. The second-order valence-electron chi connectivity index (χ2n) is 6.42. The maximum absolute atomic E-state index is 10.2. The van der Waals surface area contributed by atoms with Crippen LogP contribution >= 0.6 is 0 Å². The lowest BCUT2D eigenvalue weighted by atomic mass is 9.77. The number of aliphatic hydroxyl groups excluding tert-OH is 1. The van der Waals surface area contributed by atoms with Crippen molar-refractivity contribution in [2.24, 2.45) is 0 Å². The molecule has 0 aliphatic carbocycles. The van der Waals surface area contributed by atoms with Gasteiger partial charge in [-0.05, 0) is 38.6 Å². The maximum atomic E-state index is 10.2. The summed E-state index contributed by atoms with van der Waals surface area (Å²) in [6.07, 6.45) is 12.2. The molecule has 2 heteroatoms. The Kier molecular flexibility index (Phi) is 8.01. The van der Waals surface area contributed by atoms with Crippen LogP contribution in [0.25, 0.3) is 0 Å². The lowest BCUT2D eigenvalue weighted by molar-refractivity contribution is -0.0345. The Morgan fingerprint density at radius 2 is 1.58 bits per heavy atom. The molecule has 1 N–H and O–H groups in total. The van der Waals surface area contributed by atoms with Crippen LogP contribution in [-0.4, -0.2) is 34.7 Å². The van der Waals surface area contributed by atoms with Gasteiger partial charge in [-0.2, -0.15) is 0 Å². The average Bonchev–Trinajstić information content (AvgIpc) is 2.42. The molecule has 0 bridgehead atoms. The first-order valence-electron chi connectivity index (χ1n) is 8.61. The van der Waals surface area contributed by atoms with Crippen LogP contribution in [0.3, 0.4) is 0 Å². The van der Waals surface area contributed by atoms with Crippen molar-refractivity contribution in [3.63, 3.8) is 0 Å². The summed E-state index contributed by atoms with van der Waals surface area (Å²) >= 11 is 0.